The summed E-state index contributed by atoms with van der Waals surface area (Å²) in [6.45, 7) is 0.798. The second-order valence-corrected chi connectivity index (χ2v) is 7.10. The molecule has 0 amide bonds. The highest BCUT2D eigenvalue weighted by atomic mass is 16.8. The predicted molar refractivity (Wildman–Crippen MR) is 102 cm³/mol. The molecule has 1 N–H and O–H groups in total. The van der Waals surface area contributed by atoms with Crippen LogP contribution in [0.2, 0.25) is 0 Å². The minimum Gasteiger partial charge on any atom is -0.339 e. The van der Waals surface area contributed by atoms with Crippen molar-refractivity contribution < 1.29 is 14.6 Å². The topological polar surface area (TPSA) is 38.7 Å². The Morgan fingerprint density at radius 1 is 0.731 bits per heavy atom. The molecule has 0 atom stereocenters. The Kier molecular flexibility index (Phi) is 3.82. The number of benzene rings is 3. The highest BCUT2D eigenvalue weighted by Gasteiger charge is 2.41. The molecule has 0 aromatic heterocycles. The van der Waals surface area contributed by atoms with Gasteiger partial charge in [-0.25, -0.2) is 0 Å². The number of hydrogen-bond acceptors (Lipinski definition) is 3. The molecule has 0 unspecified atom stereocenters. The quantitative estimate of drug-likeness (QED) is 0.741. The van der Waals surface area contributed by atoms with Crippen LogP contribution in [0.5, 0.6) is 0 Å². The average Bonchev–Trinajstić information content (AvgIpc) is 3.15. The predicted octanol–water partition coefficient (Wildman–Crippen LogP) is 4.54. The minimum absolute atomic E-state index is 0.399. The third-order valence-corrected chi connectivity index (χ3v) is 5.60. The first-order chi connectivity index (χ1) is 12.8. The Balaban J connectivity index is 1.94. The summed E-state index contributed by atoms with van der Waals surface area (Å²) in [6, 6.07) is 18.7. The van der Waals surface area contributed by atoms with Crippen molar-refractivity contribution >= 4 is 10.8 Å². The van der Waals surface area contributed by atoms with E-state index in [0.29, 0.717) is 13.2 Å². The summed E-state index contributed by atoms with van der Waals surface area (Å²) in [5.74, 6) is -1.68. The molecular weight excluding hydrogens is 324 g/mol. The molecule has 0 saturated carbocycles. The van der Waals surface area contributed by atoms with Gasteiger partial charge in [-0.15, -0.1) is 0 Å². The van der Waals surface area contributed by atoms with Gasteiger partial charge in [0, 0.05) is 0 Å². The van der Waals surface area contributed by atoms with Crippen molar-refractivity contribution in [1.82, 2.24) is 0 Å². The Labute approximate surface area is 153 Å². The Bertz CT molecular complexity index is 956. The van der Waals surface area contributed by atoms with E-state index >= 15 is 0 Å². The van der Waals surface area contributed by atoms with Gasteiger partial charge in [0.1, 0.15) is 0 Å². The van der Waals surface area contributed by atoms with Crippen molar-refractivity contribution in [2.75, 3.05) is 13.2 Å². The molecule has 3 heteroatoms. The molecule has 26 heavy (non-hydrogen) atoms. The summed E-state index contributed by atoms with van der Waals surface area (Å²) >= 11 is 0. The van der Waals surface area contributed by atoms with Gasteiger partial charge >= 0.3 is 5.97 Å². The summed E-state index contributed by atoms with van der Waals surface area (Å²) in [5.41, 5.74) is 5.71. The van der Waals surface area contributed by atoms with Crippen LogP contribution in [-0.4, -0.2) is 18.3 Å². The molecule has 132 valence electrons. The molecule has 1 fully saturated rings. The van der Waals surface area contributed by atoms with Crippen LogP contribution in [-0.2, 0) is 28.3 Å². The molecule has 1 saturated heterocycles. The van der Waals surface area contributed by atoms with Gasteiger partial charge in [-0.1, -0.05) is 54.6 Å². The SMILES string of the molecule is OC1(c2c(-c3ccccc3)c3c(c4ccccc24)CCCC3)OCCO1. The van der Waals surface area contributed by atoms with Crippen LogP contribution in [0.3, 0.4) is 0 Å². The molecule has 3 nitrogen and oxygen atoms in total. The zero-order valence-corrected chi connectivity index (χ0v) is 14.7. The number of ether oxygens (including phenoxy) is 2. The van der Waals surface area contributed by atoms with Gasteiger partial charge < -0.3 is 14.6 Å². The maximum Gasteiger partial charge on any atom is 0.310 e. The standard InChI is InChI=1S/C23H22O3/c24-23(25-14-15-26-23)22-20-13-7-5-11-18(20)17-10-4-6-12-19(17)21(22)16-8-2-1-3-9-16/h1-3,5,7-9,11,13,24H,4,6,10,12,14-15H2. The van der Waals surface area contributed by atoms with E-state index in [-0.39, 0.29) is 0 Å². The molecule has 1 aliphatic heterocycles. The van der Waals surface area contributed by atoms with E-state index < -0.39 is 5.97 Å². The van der Waals surface area contributed by atoms with E-state index in [9.17, 15) is 5.11 Å². The van der Waals surface area contributed by atoms with Gasteiger partial charge in [-0.3, -0.25) is 0 Å². The van der Waals surface area contributed by atoms with Gasteiger partial charge in [-0.05, 0) is 58.7 Å². The van der Waals surface area contributed by atoms with Crippen molar-refractivity contribution in [2.24, 2.45) is 0 Å². The average molecular weight is 346 g/mol. The van der Waals surface area contributed by atoms with Crippen molar-refractivity contribution in [3.8, 4) is 11.1 Å². The van der Waals surface area contributed by atoms with Crippen LogP contribution in [0.4, 0.5) is 0 Å². The Morgan fingerprint density at radius 3 is 2.08 bits per heavy atom. The fraction of sp³-hybridized carbons (Fsp3) is 0.304. The third kappa shape index (κ3) is 2.39. The molecule has 0 spiro atoms. The fourth-order valence-corrected chi connectivity index (χ4v) is 4.53. The van der Waals surface area contributed by atoms with E-state index in [4.69, 9.17) is 9.47 Å². The molecular formula is C23H22O3. The van der Waals surface area contributed by atoms with E-state index in [2.05, 4.69) is 30.3 Å². The maximum atomic E-state index is 11.3. The smallest absolute Gasteiger partial charge is 0.310 e. The van der Waals surface area contributed by atoms with Crippen LogP contribution in [0, 0.1) is 0 Å². The first-order valence-corrected chi connectivity index (χ1v) is 9.40. The fourth-order valence-electron chi connectivity index (χ4n) is 4.53. The van der Waals surface area contributed by atoms with Crippen LogP contribution >= 0.6 is 0 Å². The molecule has 1 heterocycles. The number of aliphatic hydroxyl groups is 1. The first-order valence-electron chi connectivity index (χ1n) is 9.40. The Hall–Kier alpha value is -2.20. The lowest BCUT2D eigenvalue weighted by atomic mass is 9.79. The van der Waals surface area contributed by atoms with E-state index in [0.717, 1.165) is 34.9 Å². The summed E-state index contributed by atoms with van der Waals surface area (Å²) in [4.78, 5) is 0. The van der Waals surface area contributed by atoms with Crippen molar-refractivity contribution in [2.45, 2.75) is 31.7 Å². The number of aryl methyl sites for hydroxylation is 1. The molecule has 3 aromatic rings. The van der Waals surface area contributed by atoms with Crippen molar-refractivity contribution in [3.05, 3.63) is 71.3 Å². The highest BCUT2D eigenvalue weighted by molar-refractivity contribution is 5.97. The number of rotatable bonds is 2. The van der Waals surface area contributed by atoms with Gasteiger partial charge in [0.15, 0.2) is 0 Å². The lowest BCUT2D eigenvalue weighted by molar-refractivity contribution is -0.315. The lowest BCUT2D eigenvalue weighted by Crippen LogP contribution is -2.28. The molecule has 0 bridgehead atoms. The molecule has 3 aromatic carbocycles. The zero-order valence-electron chi connectivity index (χ0n) is 14.7. The van der Waals surface area contributed by atoms with E-state index in [1.54, 1.807) is 0 Å². The second kappa shape index (κ2) is 6.20. The molecule has 1 aliphatic carbocycles. The molecule has 2 aliphatic rings. The molecule has 5 rings (SSSR count). The van der Waals surface area contributed by atoms with Gasteiger partial charge in [0.25, 0.3) is 0 Å². The summed E-state index contributed by atoms with van der Waals surface area (Å²) in [5, 5.41) is 13.5. The largest absolute Gasteiger partial charge is 0.339 e. The summed E-state index contributed by atoms with van der Waals surface area (Å²) < 4.78 is 11.4. The monoisotopic (exact) mass is 346 g/mol. The van der Waals surface area contributed by atoms with Gasteiger partial charge in [-0.2, -0.15) is 0 Å². The van der Waals surface area contributed by atoms with Gasteiger partial charge in [0.05, 0.1) is 18.8 Å². The number of hydrogen-bond donors (Lipinski definition) is 1. The number of fused-ring (bicyclic) bond motifs is 3. The minimum atomic E-state index is -1.68. The Morgan fingerprint density at radius 2 is 1.35 bits per heavy atom. The lowest BCUT2D eigenvalue weighted by Gasteiger charge is -2.31. The maximum absolute atomic E-state index is 11.3. The zero-order chi connectivity index (χ0) is 17.6. The molecule has 0 radical (unpaired) electrons. The van der Waals surface area contributed by atoms with E-state index in [1.165, 1.54) is 29.4 Å². The second-order valence-electron chi connectivity index (χ2n) is 7.10. The highest BCUT2D eigenvalue weighted by Crippen LogP contribution is 2.46. The summed E-state index contributed by atoms with van der Waals surface area (Å²) in [7, 11) is 0. The van der Waals surface area contributed by atoms with Crippen LogP contribution < -0.4 is 0 Å². The van der Waals surface area contributed by atoms with Crippen molar-refractivity contribution in [1.29, 1.82) is 0 Å². The van der Waals surface area contributed by atoms with Crippen LogP contribution in [0.25, 0.3) is 21.9 Å². The first kappa shape index (κ1) is 16.0. The van der Waals surface area contributed by atoms with Gasteiger partial charge in [0.2, 0.25) is 0 Å². The summed E-state index contributed by atoms with van der Waals surface area (Å²) in [6.07, 6.45) is 4.48. The van der Waals surface area contributed by atoms with Crippen molar-refractivity contribution in [3.63, 3.8) is 0 Å². The van der Waals surface area contributed by atoms with Crippen LogP contribution in [0.15, 0.2) is 54.6 Å². The normalized spacial score (nSPS) is 18.8. The third-order valence-electron chi connectivity index (χ3n) is 5.60. The van der Waals surface area contributed by atoms with Crippen LogP contribution in [0.1, 0.15) is 29.5 Å². The van der Waals surface area contributed by atoms with E-state index in [1.807, 2.05) is 24.3 Å².